The van der Waals surface area contributed by atoms with Gasteiger partial charge in [-0.15, -0.1) is 0 Å². The number of allylic oxidation sites excluding steroid dienone is 1. The first kappa shape index (κ1) is 33.4. The number of hydrogen-bond donors (Lipinski definition) is 0. The fourth-order valence-electron chi connectivity index (χ4n) is 10.6. The fraction of sp³-hybridized carbons (Fsp3) is 0.0526. The standard InChI is InChI=1S/C57H37NO2/c1-2-15-40(16-3-1)58(51-22-12-24-53-54(51)45-20-9-11-23-52(45)59-53)41-30-25-36(26-31-41)39-29-32-48-46(35-39)44-19-8-10-21-47(44)57(48)49-33-27-37-13-4-6-17-42(37)55(49)60-56-43-18-7-5-14-38(43)28-34-50(56)57/h1-4,6-13,15-35H,5,14H2. The zero-order chi connectivity index (χ0) is 39.4. The number of aryl methyl sites for hydroxylation is 1. The molecule has 0 amide bonds. The van der Waals surface area contributed by atoms with E-state index >= 15 is 0 Å². The molecule has 2 heterocycles. The van der Waals surface area contributed by atoms with Crippen molar-refractivity contribution in [3.63, 3.8) is 0 Å². The molecular formula is C57H37NO2. The third kappa shape index (κ3) is 4.60. The van der Waals surface area contributed by atoms with Crippen molar-refractivity contribution < 1.29 is 9.15 Å². The van der Waals surface area contributed by atoms with E-state index in [1.165, 1.54) is 55.5 Å². The van der Waals surface area contributed by atoms with Crippen LogP contribution >= 0.6 is 0 Å². The molecule has 2 aliphatic carbocycles. The Morgan fingerprint density at radius 3 is 2.10 bits per heavy atom. The van der Waals surface area contributed by atoms with Gasteiger partial charge in [0.2, 0.25) is 0 Å². The van der Waals surface area contributed by atoms with Gasteiger partial charge in [-0.3, -0.25) is 0 Å². The summed E-state index contributed by atoms with van der Waals surface area (Å²) in [5, 5.41) is 4.53. The van der Waals surface area contributed by atoms with Gasteiger partial charge in [0, 0.05) is 38.8 Å². The summed E-state index contributed by atoms with van der Waals surface area (Å²) >= 11 is 0. The number of anilines is 3. The number of rotatable bonds is 4. The molecule has 10 aromatic rings. The number of benzene rings is 9. The number of furan rings is 1. The minimum absolute atomic E-state index is 0.546. The number of ether oxygens (including phenoxy) is 1. The molecule has 1 spiro atoms. The highest BCUT2D eigenvalue weighted by Crippen LogP contribution is 2.64. The van der Waals surface area contributed by atoms with E-state index < -0.39 is 5.41 Å². The van der Waals surface area contributed by atoms with Crippen LogP contribution in [0, 0.1) is 0 Å². The van der Waals surface area contributed by atoms with E-state index in [1.807, 2.05) is 12.1 Å². The SMILES string of the molecule is C1=Cc2c(ccc3c2Oc2c(ccc4ccccc24)C32c3ccccc3-c3cc(-c4ccc(N(c5ccccc5)c5cccc6oc7ccccc7c56)cc4)ccc32)CC1. The third-order valence-corrected chi connectivity index (χ3v) is 13.2. The lowest BCUT2D eigenvalue weighted by Gasteiger charge is -2.41. The highest BCUT2D eigenvalue weighted by Gasteiger charge is 2.52. The van der Waals surface area contributed by atoms with Gasteiger partial charge in [0.25, 0.3) is 0 Å². The topological polar surface area (TPSA) is 25.6 Å². The molecule has 0 N–H and O–H groups in total. The summed E-state index contributed by atoms with van der Waals surface area (Å²) < 4.78 is 13.5. The molecule has 3 heteroatoms. The van der Waals surface area contributed by atoms with Gasteiger partial charge in [0.05, 0.1) is 16.5 Å². The minimum atomic E-state index is -0.546. The largest absolute Gasteiger partial charge is 0.456 e. The van der Waals surface area contributed by atoms with E-state index in [0.29, 0.717) is 0 Å². The van der Waals surface area contributed by atoms with Gasteiger partial charge in [-0.2, -0.15) is 0 Å². The van der Waals surface area contributed by atoms with Gasteiger partial charge in [-0.25, -0.2) is 0 Å². The summed E-state index contributed by atoms with van der Waals surface area (Å²) in [5.41, 5.74) is 16.9. The second kappa shape index (κ2) is 12.7. The van der Waals surface area contributed by atoms with E-state index in [0.717, 1.165) is 74.3 Å². The average Bonchev–Trinajstić information content (AvgIpc) is 3.84. The predicted octanol–water partition coefficient (Wildman–Crippen LogP) is 15.3. The Bertz CT molecular complexity index is 3410. The Kier molecular flexibility index (Phi) is 7.06. The third-order valence-electron chi connectivity index (χ3n) is 13.2. The molecule has 1 aromatic heterocycles. The summed E-state index contributed by atoms with van der Waals surface area (Å²) in [7, 11) is 0. The molecule has 3 aliphatic rings. The summed E-state index contributed by atoms with van der Waals surface area (Å²) in [6, 6.07) is 68.4. The van der Waals surface area contributed by atoms with E-state index in [1.54, 1.807) is 0 Å². The monoisotopic (exact) mass is 767 g/mol. The molecule has 60 heavy (non-hydrogen) atoms. The van der Waals surface area contributed by atoms with Crippen molar-refractivity contribution in [2.75, 3.05) is 4.90 Å². The molecule has 3 nitrogen and oxygen atoms in total. The van der Waals surface area contributed by atoms with E-state index in [2.05, 4.69) is 193 Å². The molecule has 0 fully saturated rings. The molecule has 282 valence electrons. The second-order valence-corrected chi connectivity index (χ2v) is 16.2. The van der Waals surface area contributed by atoms with Crippen LogP contribution in [-0.2, 0) is 11.8 Å². The zero-order valence-corrected chi connectivity index (χ0v) is 32.7. The van der Waals surface area contributed by atoms with Crippen molar-refractivity contribution in [1.29, 1.82) is 0 Å². The summed E-state index contributed by atoms with van der Waals surface area (Å²) in [6.07, 6.45) is 6.65. The van der Waals surface area contributed by atoms with Gasteiger partial charge in [-0.05, 0) is 106 Å². The summed E-state index contributed by atoms with van der Waals surface area (Å²) in [6.45, 7) is 0. The molecule has 13 rings (SSSR count). The zero-order valence-electron chi connectivity index (χ0n) is 32.7. The van der Waals surface area contributed by atoms with Crippen molar-refractivity contribution in [3.05, 3.63) is 228 Å². The Labute approximate surface area is 348 Å². The van der Waals surface area contributed by atoms with Crippen LogP contribution in [0.25, 0.3) is 61.0 Å². The summed E-state index contributed by atoms with van der Waals surface area (Å²) in [5.74, 6) is 1.94. The lowest BCUT2D eigenvalue weighted by atomic mass is 9.65. The predicted molar refractivity (Wildman–Crippen MR) is 246 cm³/mol. The lowest BCUT2D eigenvalue weighted by molar-refractivity contribution is 0.439. The molecule has 0 radical (unpaired) electrons. The first-order valence-corrected chi connectivity index (χ1v) is 20.9. The normalized spacial score (nSPS) is 15.7. The van der Waals surface area contributed by atoms with Gasteiger partial charge in [0.1, 0.15) is 22.7 Å². The van der Waals surface area contributed by atoms with Crippen LogP contribution in [0.2, 0.25) is 0 Å². The first-order chi connectivity index (χ1) is 29.8. The molecule has 1 aliphatic heterocycles. The van der Waals surface area contributed by atoms with E-state index in [9.17, 15) is 0 Å². The number of nitrogens with zero attached hydrogens (tertiary/aromatic N) is 1. The maximum absolute atomic E-state index is 7.17. The molecular weight excluding hydrogens is 731 g/mol. The number of hydrogen-bond acceptors (Lipinski definition) is 3. The molecule has 1 unspecified atom stereocenters. The Morgan fingerprint density at radius 1 is 0.483 bits per heavy atom. The highest BCUT2D eigenvalue weighted by molar-refractivity contribution is 6.13. The van der Waals surface area contributed by atoms with Gasteiger partial charge < -0.3 is 14.1 Å². The van der Waals surface area contributed by atoms with Crippen LogP contribution in [0.5, 0.6) is 11.5 Å². The Hall–Kier alpha value is -7.62. The van der Waals surface area contributed by atoms with Crippen molar-refractivity contribution in [1.82, 2.24) is 0 Å². The van der Waals surface area contributed by atoms with Crippen LogP contribution in [0.1, 0.15) is 39.8 Å². The lowest BCUT2D eigenvalue weighted by Crippen LogP contribution is -2.32. The highest BCUT2D eigenvalue weighted by atomic mass is 16.5. The van der Waals surface area contributed by atoms with Crippen LogP contribution < -0.4 is 9.64 Å². The number of fused-ring (bicyclic) bond motifs is 16. The van der Waals surface area contributed by atoms with Crippen LogP contribution in [0.4, 0.5) is 17.1 Å². The maximum Gasteiger partial charge on any atom is 0.140 e. The van der Waals surface area contributed by atoms with E-state index in [-0.39, 0.29) is 0 Å². The smallest absolute Gasteiger partial charge is 0.140 e. The minimum Gasteiger partial charge on any atom is -0.456 e. The Balaban J connectivity index is 0.985. The van der Waals surface area contributed by atoms with Gasteiger partial charge in [0.15, 0.2) is 0 Å². The second-order valence-electron chi connectivity index (χ2n) is 16.2. The number of para-hydroxylation sites is 2. The van der Waals surface area contributed by atoms with E-state index in [4.69, 9.17) is 9.15 Å². The van der Waals surface area contributed by atoms with Crippen LogP contribution in [-0.4, -0.2) is 0 Å². The maximum atomic E-state index is 7.17. The Morgan fingerprint density at radius 2 is 1.18 bits per heavy atom. The van der Waals surface area contributed by atoms with Gasteiger partial charge in [-0.1, -0.05) is 152 Å². The molecule has 0 saturated carbocycles. The quantitative estimate of drug-likeness (QED) is 0.178. The fourth-order valence-corrected chi connectivity index (χ4v) is 10.6. The molecule has 9 aromatic carbocycles. The van der Waals surface area contributed by atoms with Crippen molar-refractivity contribution >= 4 is 55.8 Å². The van der Waals surface area contributed by atoms with Gasteiger partial charge >= 0.3 is 0 Å². The molecule has 0 saturated heterocycles. The van der Waals surface area contributed by atoms with Crippen LogP contribution in [0.3, 0.4) is 0 Å². The summed E-state index contributed by atoms with van der Waals surface area (Å²) in [4.78, 5) is 2.34. The molecule has 1 atom stereocenters. The molecule has 0 bridgehead atoms. The van der Waals surface area contributed by atoms with Crippen molar-refractivity contribution in [2.45, 2.75) is 18.3 Å². The average molecular weight is 768 g/mol. The van der Waals surface area contributed by atoms with Crippen LogP contribution in [0.15, 0.2) is 199 Å². The van der Waals surface area contributed by atoms with Crippen molar-refractivity contribution in [2.24, 2.45) is 0 Å². The first-order valence-electron chi connectivity index (χ1n) is 20.9. The van der Waals surface area contributed by atoms with Crippen molar-refractivity contribution in [3.8, 4) is 33.8 Å².